The zero-order valence-electron chi connectivity index (χ0n) is 10.9. The zero-order valence-corrected chi connectivity index (χ0v) is 12.5. The van der Waals surface area contributed by atoms with Gasteiger partial charge in [-0.1, -0.05) is 13.3 Å². The van der Waals surface area contributed by atoms with Crippen LogP contribution in [0.1, 0.15) is 38.6 Å². The number of aliphatic hydroxyl groups excluding tert-OH is 1. The minimum absolute atomic E-state index is 0.138. The molecule has 0 aliphatic heterocycles. The standard InChI is InChI=1S/C13H16BrN3O2/c1-3-5-10(18)12-16-9-7-15-11(14)6-8(9)13(19)17(12)4-2/h6-7,10,18H,3-5H2,1-2H3/t10-/m0/s1. The molecule has 5 nitrogen and oxygen atoms in total. The maximum atomic E-state index is 12.4. The van der Waals surface area contributed by atoms with Crippen LogP contribution in [0, 0.1) is 0 Å². The first-order valence-electron chi connectivity index (χ1n) is 6.32. The zero-order chi connectivity index (χ0) is 14.0. The molecule has 2 aromatic rings. The van der Waals surface area contributed by atoms with Gasteiger partial charge in [-0.2, -0.15) is 0 Å². The summed E-state index contributed by atoms with van der Waals surface area (Å²) in [6.07, 6.45) is 2.24. The molecule has 0 spiro atoms. The minimum Gasteiger partial charge on any atom is -0.385 e. The highest BCUT2D eigenvalue weighted by molar-refractivity contribution is 9.10. The van der Waals surface area contributed by atoms with E-state index in [0.29, 0.717) is 34.3 Å². The van der Waals surface area contributed by atoms with Crippen LogP contribution in [0.4, 0.5) is 0 Å². The van der Waals surface area contributed by atoms with Gasteiger partial charge in [0.25, 0.3) is 5.56 Å². The highest BCUT2D eigenvalue weighted by Gasteiger charge is 2.16. The lowest BCUT2D eigenvalue weighted by atomic mass is 10.2. The monoisotopic (exact) mass is 325 g/mol. The van der Waals surface area contributed by atoms with Crippen molar-refractivity contribution in [1.82, 2.24) is 14.5 Å². The van der Waals surface area contributed by atoms with E-state index in [0.717, 1.165) is 6.42 Å². The molecular formula is C13H16BrN3O2. The molecule has 0 amide bonds. The normalized spacial score (nSPS) is 12.8. The third kappa shape index (κ3) is 2.69. The Labute approximate surface area is 119 Å². The first-order valence-corrected chi connectivity index (χ1v) is 7.11. The number of nitrogens with zero attached hydrogens (tertiary/aromatic N) is 3. The predicted molar refractivity (Wildman–Crippen MR) is 77.0 cm³/mol. The van der Waals surface area contributed by atoms with Crippen LogP contribution >= 0.6 is 15.9 Å². The molecule has 0 aliphatic rings. The molecule has 19 heavy (non-hydrogen) atoms. The van der Waals surface area contributed by atoms with Crippen molar-refractivity contribution in [3.8, 4) is 0 Å². The van der Waals surface area contributed by atoms with Crippen molar-refractivity contribution in [2.75, 3.05) is 0 Å². The molecule has 0 saturated heterocycles. The average molecular weight is 326 g/mol. The molecule has 0 aliphatic carbocycles. The molecule has 0 unspecified atom stereocenters. The number of pyridine rings is 1. The molecule has 1 N–H and O–H groups in total. The SMILES string of the molecule is CCC[C@H](O)c1nc2cnc(Br)cc2c(=O)n1CC. The minimum atomic E-state index is -0.717. The number of aromatic nitrogens is 3. The smallest absolute Gasteiger partial charge is 0.261 e. The fourth-order valence-electron chi connectivity index (χ4n) is 2.08. The Bertz CT molecular complexity index is 654. The Morgan fingerprint density at radius 2 is 2.21 bits per heavy atom. The largest absolute Gasteiger partial charge is 0.385 e. The Hall–Kier alpha value is -1.27. The second-order valence-corrected chi connectivity index (χ2v) is 5.16. The molecule has 2 aromatic heterocycles. The van der Waals surface area contributed by atoms with Crippen LogP contribution < -0.4 is 5.56 Å². The van der Waals surface area contributed by atoms with Gasteiger partial charge in [0.1, 0.15) is 16.5 Å². The fraction of sp³-hybridized carbons (Fsp3) is 0.462. The van der Waals surface area contributed by atoms with Gasteiger partial charge in [0, 0.05) is 6.54 Å². The lowest BCUT2D eigenvalue weighted by Crippen LogP contribution is -2.26. The van der Waals surface area contributed by atoms with Gasteiger partial charge in [0.15, 0.2) is 0 Å². The van der Waals surface area contributed by atoms with E-state index in [1.165, 1.54) is 4.57 Å². The van der Waals surface area contributed by atoms with Gasteiger partial charge < -0.3 is 5.11 Å². The maximum absolute atomic E-state index is 12.4. The van der Waals surface area contributed by atoms with E-state index in [1.807, 2.05) is 13.8 Å². The van der Waals surface area contributed by atoms with E-state index in [2.05, 4.69) is 25.9 Å². The van der Waals surface area contributed by atoms with Crippen LogP contribution in [0.25, 0.3) is 10.9 Å². The van der Waals surface area contributed by atoms with E-state index in [4.69, 9.17) is 0 Å². The Morgan fingerprint density at radius 3 is 2.84 bits per heavy atom. The summed E-state index contributed by atoms with van der Waals surface area (Å²) in [4.78, 5) is 20.9. The lowest BCUT2D eigenvalue weighted by Gasteiger charge is -2.15. The Balaban J connectivity index is 2.71. The van der Waals surface area contributed by atoms with Gasteiger partial charge in [-0.15, -0.1) is 0 Å². The van der Waals surface area contributed by atoms with Gasteiger partial charge in [0.05, 0.1) is 17.1 Å². The van der Waals surface area contributed by atoms with Gasteiger partial charge in [-0.3, -0.25) is 9.36 Å². The van der Waals surface area contributed by atoms with E-state index in [9.17, 15) is 9.90 Å². The quantitative estimate of drug-likeness (QED) is 0.876. The molecule has 2 rings (SSSR count). The van der Waals surface area contributed by atoms with Crippen molar-refractivity contribution in [3.05, 3.63) is 33.0 Å². The number of halogens is 1. The first-order chi connectivity index (χ1) is 9.08. The molecule has 1 atom stereocenters. The third-order valence-electron chi connectivity index (χ3n) is 3.01. The molecule has 0 radical (unpaired) electrons. The van der Waals surface area contributed by atoms with Crippen LogP contribution in [-0.4, -0.2) is 19.6 Å². The highest BCUT2D eigenvalue weighted by Crippen LogP contribution is 2.19. The van der Waals surface area contributed by atoms with Gasteiger partial charge >= 0.3 is 0 Å². The average Bonchev–Trinajstić information content (AvgIpc) is 2.39. The van der Waals surface area contributed by atoms with Crippen molar-refractivity contribution in [2.45, 2.75) is 39.3 Å². The number of fused-ring (bicyclic) bond motifs is 1. The molecule has 0 fully saturated rings. The van der Waals surface area contributed by atoms with Crippen molar-refractivity contribution >= 4 is 26.8 Å². The summed E-state index contributed by atoms with van der Waals surface area (Å²) in [6.45, 7) is 4.34. The van der Waals surface area contributed by atoms with Crippen LogP contribution in [-0.2, 0) is 6.54 Å². The number of hydrogen-bond donors (Lipinski definition) is 1. The van der Waals surface area contributed by atoms with Gasteiger partial charge in [0.2, 0.25) is 0 Å². The highest BCUT2D eigenvalue weighted by atomic mass is 79.9. The van der Waals surface area contributed by atoms with Gasteiger partial charge in [-0.25, -0.2) is 9.97 Å². The molecule has 102 valence electrons. The molecular weight excluding hydrogens is 310 g/mol. The van der Waals surface area contributed by atoms with Crippen LogP contribution in [0.5, 0.6) is 0 Å². The third-order valence-corrected chi connectivity index (χ3v) is 3.45. The molecule has 6 heteroatoms. The maximum Gasteiger partial charge on any atom is 0.261 e. The first kappa shape index (κ1) is 14.1. The number of rotatable bonds is 4. The van der Waals surface area contributed by atoms with E-state index in [-0.39, 0.29) is 5.56 Å². The predicted octanol–water partition coefficient (Wildman–Crippen LogP) is 2.41. The summed E-state index contributed by atoms with van der Waals surface area (Å²) >= 11 is 3.25. The summed E-state index contributed by atoms with van der Waals surface area (Å²) in [5, 5.41) is 10.6. The second kappa shape index (κ2) is 5.79. The van der Waals surface area contributed by atoms with Crippen molar-refractivity contribution < 1.29 is 5.11 Å². The molecule has 0 bridgehead atoms. The molecule has 2 heterocycles. The fourth-order valence-corrected chi connectivity index (χ4v) is 2.41. The second-order valence-electron chi connectivity index (χ2n) is 4.35. The van der Waals surface area contributed by atoms with E-state index < -0.39 is 6.10 Å². The lowest BCUT2D eigenvalue weighted by molar-refractivity contribution is 0.150. The summed E-state index contributed by atoms with van der Waals surface area (Å²) in [6, 6.07) is 1.66. The number of hydrogen-bond acceptors (Lipinski definition) is 4. The van der Waals surface area contributed by atoms with Crippen molar-refractivity contribution in [2.24, 2.45) is 0 Å². The van der Waals surface area contributed by atoms with E-state index >= 15 is 0 Å². The molecule has 0 saturated carbocycles. The van der Waals surface area contributed by atoms with Crippen molar-refractivity contribution in [3.63, 3.8) is 0 Å². The Kier molecular flexibility index (Phi) is 4.31. The van der Waals surface area contributed by atoms with Crippen LogP contribution in [0.3, 0.4) is 0 Å². The number of aliphatic hydroxyl groups is 1. The summed E-state index contributed by atoms with van der Waals surface area (Å²) in [5.41, 5.74) is 0.379. The van der Waals surface area contributed by atoms with E-state index in [1.54, 1.807) is 12.3 Å². The Morgan fingerprint density at radius 1 is 1.47 bits per heavy atom. The van der Waals surface area contributed by atoms with Gasteiger partial charge in [-0.05, 0) is 35.3 Å². The van der Waals surface area contributed by atoms with Crippen molar-refractivity contribution in [1.29, 1.82) is 0 Å². The van der Waals surface area contributed by atoms with Crippen LogP contribution in [0.15, 0.2) is 21.7 Å². The summed E-state index contributed by atoms with van der Waals surface area (Å²) in [7, 11) is 0. The summed E-state index contributed by atoms with van der Waals surface area (Å²) in [5.74, 6) is 0.422. The van der Waals surface area contributed by atoms with Crippen LogP contribution in [0.2, 0.25) is 0 Å². The summed E-state index contributed by atoms with van der Waals surface area (Å²) < 4.78 is 2.12. The topological polar surface area (TPSA) is 68.0 Å². The molecule has 0 aromatic carbocycles.